The van der Waals surface area contributed by atoms with Gasteiger partial charge in [0.25, 0.3) is 5.56 Å². The van der Waals surface area contributed by atoms with E-state index in [9.17, 15) is 9.59 Å². The third-order valence-electron chi connectivity index (χ3n) is 5.63. The summed E-state index contributed by atoms with van der Waals surface area (Å²) in [6, 6.07) is 7.73. The van der Waals surface area contributed by atoms with Crippen molar-refractivity contribution >= 4 is 39.3 Å². The van der Waals surface area contributed by atoms with Crippen LogP contribution in [0.3, 0.4) is 0 Å². The summed E-state index contributed by atoms with van der Waals surface area (Å²) < 4.78 is 12.5. The highest BCUT2D eigenvalue weighted by atomic mass is 32.2. The quantitative estimate of drug-likeness (QED) is 0.318. The fraction of sp³-hybridized carbons (Fsp3) is 0.435. The van der Waals surface area contributed by atoms with Gasteiger partial charge in [0, 0.05) is 11.3 Å². The Balaban J connectivity index is 1.95. The number of fused-ring (bicyclic) bond motifs is 3. The maximum absolute atomic E-state index is 13.9. The van der Waals surface area contributed by atoms with Crippen molar-refractivity contribution in [1.29, 1.82) is 0 Å². The Morgan fingerprint density at radius 1 is 1.32 bits per heavy atom. The largest absolute Gasteiger partial charge is 0.468 e. The Kier molecular flexibility index (Phi) is 6.23. The molecule has 2 aromatic heterocycles. The number of thioether (sulfide) groups is 1. The van der Waals surface area contributed by atoms with Crippen molar-refractivity contribution in [1.82, 2.24) is 9.55 Å². The van der Waals surface area contributed by atoms with Crippen LogP contribution in [0, 0.1) is 12.8 Å². The SMILES string of the molecule is COC(=O)[C@@H](C)Sc1nc2sc3c(c2c(=O)n1-c1ccccc1C)C[C@H](C(C)C)OC3. The van der Waals surface area contributed by atoms with Crippen molar-refractivity contribution < 1.29 is 14.3 Å². The molecule has 8 heteroatoms. The number of benzene rings is 1. The molecule has 0 saturated heterocycles. The van der Waals surface area contributed by atoms with Crippen molar-refractivity contribution in [3.63, 3.8) is 0 Å². The van der Waals surface area contributed by atoms with Gasteiger partial charge in [0.05, 0.1) is 30.9 Å². The Morgan fingerprint density at radius 2 is 2.06 bits per heavy atom. The van der Waals surface area contributed by atoms with Gasteiger partial charge in [0.2, 0.25) is 0 Å². The van der Waals surface area contributed by atoms with Gasteiger partial charge in [-0.15, -0.1) is 11.3 Å². The molecule has 1 aromatic carbocycles. The Morgan fingerprint density at radius 3 is 2.74 bits per heavy atom. The average molecular weight is 459 g/mol. The van der Waals surface area contributed by atoms with Crippen molar-refractivity contribution in [2.45, 2.75) is 57.2 Å². The minimum absolute atomic E-state index is 0.0880. The standard InChI is InChI=1S/C23H26N2O4S2/c1-12(2)17-10-15-18(11-29-17)31-20-19(15)21(26)25(16-9-7-6-8-13(16)3)23(24-20)30-14(4)22(27)28-5/h6-9,12,14,17H,10-11H2,1-5H3/t14-,17-/m1/s1. The molecule has 6 nitrogen and oxygen atoms in total. The normalized spacial score (nSPS) is 17.0. The number of hydrogen-bond donors (Lipinski definition) is 0. The number of rotatable bonds is 5. The fourth-order valence-corrected chi connectivity index (χ4v) is 5.92. The molecule has 0 aliphatic carbocycles. The molecule has 0 fully saturated rings. The molecule has 0 N–H and O–H groups in total. The highest BCUT2D eigenvalue weighted by Crippen LogP contribution is 2.37. The predicted molar refractivity (Wildman–Crippen MR) is 124 cm³/mol. The van der Waals surface area contributed by atoms with Crippen LogP contribution in [-0.2, 0) is 27.3 Å². The number of aromatic nitrogens is 2. The third kappa shape index (κ3) is 4.04. The van der Waals surface area contributed by atoms with E-state index in [0.29, 0.717) is 34.3 Å². The van der Waals surface area contributed by atoms with E-state index in [1.54, 1.807) is 11.5 Å². The molecule has 0 saturated carbocycles. The fourth-order valence-electron chi connectivity index (χ4n) is 3.81. The molecule has 3 aromatic rings. The van der Waals surface area contributed by atoms with Gasteiger partial charge in [-0.3, -0.25) is 14.2 Å². The molecule has 0 unspecified atom stereocenters. The summed E-state index contributed by atoms with van der Waals surface area (Å²) in [6.07, 6.45) is 0.799. The summed E-state index contributed by atoms with van der Waals surface area (Å²) >= 11 is 2.75. The molecule has 0 bridgehead atoms. The van der Waals surface area contributed by atoms with E-state index in [1.807, 2.05) is 31.2 Å². The van der Waals surface area contributed by atoms with Gasteiger partial charge < -0.3 is 9.47 Å². The molecule has 0 radical (unpaired) electrons. The van der Waals surface area contributed by atoms with E-state index in [-0.39, 0.29) is 17.6 Å². The molecule has 164 valence electrons. The number of nitrogens with zero attached hydrogens (tertiary/aromatic N) is 2. The maximum Gasteiger partial charge on any atom is 0.318 e. The van der Waals surface area contributed by atoms with Crippen molar-refractivity contribution in [2.75, 3.05) is 7.11 Å². The van der Waals surface area contributed by atoms with Gasteiger partial charge in [-0.05, 0) is 37.0 Å². The summed E-state index contributed by atoms with van der Waals surface area (Å²) in [7, 11) is 1.36. The molecule has 31 heavy (non-hydrogen) atoms. The number of carbonyl (C=O) groups is 1. The van der Waals surface area contributed by atoms with Gasteiger partial charge in [-0.2, -0.15) is 0 Å². The summed E-state index contributed by atoms with van der Waals surface area (Å²) in [5, 5.41) is 0.671. The smallest absolute Gasteiger partial charge is 0.318 e. The number of thiophene rings is 1. The van der Waals surface area contributed by atoms with E-state index in [2.05, 4.69) is 13.8 Å². The molecule has 0 spiro atoms. The second-order valence-electron chi connectivity index (χ2n) is 8.09. The van der Waals surface area contributed by atoms with E-state index in [1.165, 1.54) is 30.2 Å². The van der Waals surface area contributed by atoms with Gasteiger partial charge in [0.15, 0.2) is 5.16 Å². The van der Waals surface area contributed by atoms with Gasteiger partial charge in [-0.25, -0.2) is 4.98 Å². The van der Waals surface area contributed by atoms with Crippen molar-refractivity contribution in [3.05, 3.63) is 50.6 Å². The first-order valence-corrected chi connectivity index (χ1v) is 12.0. The number of carbonyl (C=O) groups excluding carboxylic acids is 1. The van der Waals surface area contributed by atoms with Crippen LogP contribution >= 0.6 is 23.1 Å². The first-order chi connectivity index (χ1) is 14.8. The van der Waals surface area contributed by atoms with Crippen LogP contribution in [0.2, 0.25) is 0 Å². The summed E-state index contributed by atoms with van der Waals surface area (Å²) in [6.45, 7) is 8.50. The lowest BCUT2D eigenvalue weighted by Crippen LogP contribution is -2.28. The Hall–Kier alpha value is -2.16. The van der Waals surface area contributed by atoms with Crippen LogP contribution in [0.5, 0.6) is 0 Å². The minimum atomic E-state index is -0.493. The molecule has 2 atom stereocenters. The first kappa shape index (κ1) is 22.0. The Bertz CT molecular complexity index is 1200. The predicted octanol–water partition coefficient (Wildman–Crippen LogP) is 4.51. The number of aryl methyl sites for hydroxylation is 1. The van der Waals surface area contributed by atoms with Crippen molar-refractivity contribution in [3.8, 4) is 5.69 Å². The second-order valence-corrected chi connectivity index (χ2v) is 10.5. The maximum atomic E-state index is 13.9. The van der Waals surface area contributed by atoms with Crippen LogP contribution in [0.4, 0.5) is 0 Å². The number of ether oxygens (including phenoxy) is 2. The number of para-hydroxylation sites is 1. The highest BCUT2D eigenvalue weighted by Gasteiger charge is 2.29. The minimum Gasteiger partial charge on any atom is -0.468 e. The summed E-state index contributed by atoms with van der Waals surface area (Å²) in [5.41, 5.74) is 2.70. The molecule has 4 rings (SSSR count). The highest BCUT2D eigenvalue weighted by molar-refractivity contribution is 8.00. The molecular weight excluding hydrogens is 432 g/mol. The lowest BCUT2D eigenvalue weighted by atomic mass is 9.96. The average Bonchev–Trinajstić information content (AvgIpc) is 3.11. The van der Waals surface area contributed by atoms with Gasteiger partial charge >= 0.3 is 5.97 Å². The molecule has 3 heterocycles. The van der Waals surface area contributed by atoms with E-state index < -0.39 is 5.25 Å². The number of methoxy groups -OCH3 is 1. The number of hydrogen-bond acceptors (Lipinski definition) is 7. The van der Waals surface area contributed by atoms with Gasteiger partial charge in [-0.1, -0.05) is 43.8 Å². The lowest BCUT2D eigenvalue weighted by Gasteiger charge is -2.26. The molecular formula is C23H26N2O4S2. The van der Waals surface area contributed by atoms with Crippen LogP contribution in [-0.4, -0.2) is 34.0 Å². The summed E-state index contributed by atoms with van der Waals surface area (Å²) in [5.74, 6) is 0.0136. The van der Waals surface area contributed by atoms with Crippen LogP contribution in [0.15, 0.2) is 34.2 Å². The third-order valence-corrected chi connectivity index (χ3v) is 7.76. The van der Waals surface area contributed by atoms with Crippen LogP contribution < -0.4 is 5.56 Å². The van der Waals surface area contributed by atoms with Crippen LogP contribution in [0.25, 0.3) is 15.9 Å². The van der Waals surface area contributed by atoms with E-state index in [4.69, 9.17) is 14.5 Å². The summed E-state index contributed by atoms with van der Waals surface area (Å²) in [4.78, 5) is 32.6. The second kappa shape index (κ2) is 8.76. The zero-order valence-electron chi connectivity index (χ0n) is 18.3. The van der Waals surface area contributed by atoms with E-state index in [0.717, 1.165) is 21.7 Å². The first-order valence-electron chi connectivity index (χ1n) is 10.3. The van der Waals surface area contributed by atoms with Crippen LogP contribution in [0.1, 0.15) is 36.8 Å². The Labute approximate surface area is 189 Å². The van der Waals surface area contributed by atoms with Gasteiger partial charge in [0.1, 0.15) is 10.1 Å². The molecule has 1 aliphatic rings. The number of esters is 1. The monoisotopic (exact) mass is 458 g/mol. The van der Waals surface area contributed by atoms with Crippen molar-refractivity contribution in [2.24, 2.45) is 5.92 Å². The topological polar surface area (TPSA) is 70.4 Å². The zero-order chi connectivity index (χ0) is 22.3. The van der Waals surface area contributed by atoms with E-state index >= 15 is 0 Å². The zero-order valence-corrected chi connectivity index (χ0v) is 19.9. The molecule has 0 amide bonds. The lowest BCUT2D eigenvalue weighted by molar-refractivity contribution is -0.139. The molecule has 1 aliphatic heterocycles.